The van der Waals surface area contributed by atoms with Crippen LogP contribution in [0.25, 0.3) is 0 Å². The van der Waals surface area contributed by atoms with Gasteiger partial charge in [-0.1, -0.05) is 5.21 Å². The number of amides is 2. The predicted molar refractivity (Wildman–Crippen MR) is 140 cm³/mol. The fourth-order valence-electron chi connectivity index (χ4n) is 5.17. The van der Waals surface area contributed by atoms with E-state index in [0.29, 0.717) is 44.7 Å². The zero-order valence-corrected chi connectivity index (χ0v) is 23.3. The largest absolute Gasteiger partial charge is 0.444 e. The molecule has 1 aromatic rings. The number of aromatic nitrogens is 3. The molecule has 1 aromatic heterocycles. The molecule has 2 amide bonds. The lowest BCUT2D eigenvalue weighted by Crippen LogP contribution is -2.52. The third-order valence-corrected chi connectivity index (χ3v) is 7.17. The summed E-state index contributed by atoms with van der Waals surface area (Å²) in [5.41, 5.74) is 5.48. The van der Waals surface area contributed by atoms with Crippen LogP contribution in [0.15, 0.2) is 21.6 Å². The van der Waals surface area contributed by atoms with Gasteiger partial charge in [0, 0.05) is 26.2 Å². The molecule has 0 saturated carbocycles. The molecule has 4 rings (SSSR count). The fraction of sp³-hybridized carbons (Fsp3) is 0.800. The average Bonchev–Trinajstić information content (AvgIpc) is 3.53. The smallest absolute Gasteiger partial charge is 0.410 e. The first-order valence-corrected chi connectivity index (χ1v) is 13.4. The minimum atomic E-state index is -0.846. The Balaban J connectivity index is 1.38. The molecule has 13 nitrogen and oxygen atoms in total. The summed E-state index contributed by atoms with van der Waals surface area (Å²) in [5, 5.41) is 21.2. The number of rotatable bonds is 4. The van der Waals surface area contributed by atoms with Crippen LogP contribution in [-0.2, 0) is 9.47 Å². The van der Waals surface area contributed by atoms with Crippen molar-refractivity contribution in [3.8, 4) is 0 Å². The Morgan fingerprint density at radius 1 is 0.947 bits per heavy atom. The highest BCUT2D eigenvalue weighted by atomic mass is 16.6. The van der Waals surface area contributed by atoms with E-state index in [1.54, 1.807) is 16.0 Å². The average molecular weight is 532 g/mol. The van der Waals surface area contributed by atoms with E-state index in [4.69, 9.17) is 15.2 Å². The van der Waals surface area contributed by atoms with Gasteiger partial charge >= 0.3 is 12.2 Å². The highest BCUT2D eigenvalue weighted by Gasteiger charge is 2.49. The molecule has 0 bridgehead atoms. The molecule has 0 radical (unpaired) electrons. The molecule has 0 spiro atoms. The van der Waals surface area contributed by atoms with E-state index >= 15 is 0 Å². The van der Waals surface area contributed by atoms with Crippen molar-refractivity contribution in [3.63, 3.8) is 0 Å². The van der Waals surface area contributed by atoms with Gasteiger partial charge in [-0.05, 0) is 78.4 Å². The molecular weight excluding hydrogens is 490 g/mol. The Bertz CT molecular complexity index is 1040. The second-order valence-electron chi connectivity index (χ2n) is 12.4. The van der Waals surface area contributed by atoms with E-state index in [-0.39, 0.29) is 24.1 Å². The summed E-state index contributed by atoms with van der Waals surface area (Å²) in [6, 6.07) is -0.486. The molecule has 2 saturated heterocycles. The van der Waals surface area contributed by atoms with Gasteiger partial charge in [-0.2, -0.15) is 5.11 Å². The Hall–Kier alpha value is -3.09. The molecular formula is C25H41N9O4. The van der Waals surface area contributed by atoms with Crippen LogP contribution in [0.5, 0.6) is 0 Å². The van der Waals surface area contributed by atoms with Crippen molar-refractivity contribution in [3.05, 3.63) is 11.9 Å². The highest BCUT2D eigenvalue weighted by Crippen LogP contribution is 2.41. The van der Waals surface area contributed by atoms with Gasteiger partial charge < -0.3 is 25.0 Å². The number of carbonyl (C=O) groups is 2. The third kappa shape index (κ3) is 6.30. The van der Waals surface area contributed by atoms with Gasteiger partial charge in [0.05, 0.1) is 24.5 Å². The number of nitrogens with two attached hydrogens (primary N) is 1. The van der Waals surface area contributed by atoms with Crippen molar-refractivity contribution in [2.75, 3.05) is 26.2 Å². The van der Waals surface area contributed by atoms with E-state index in [9.17, 15) is 9.59 Å². The van der Waals surface area contributed by atoms with Crippen molar-refractivity contribution in [2.45, 2.75) is 96.1 Å². The van der Waals surface area contributed by atoms with Gasteiger partial charge in [0.25, 0.3) is 0 Å². The minimum Gasteiger partial charge on any atom is -0.444 e. The first kappa shape index (κ1) is 27.9. The molecule has 0 aliphatic carbocycles. The maximum Gasteiger partial charge on any atom is 0.410 e. The lowest BCUT2D eigenvalue weighted by Gasteiger charge is -2.40. The molecule has 2 fully saturated rings. The third-order valence-electron chi connectivity index (χ3n) is 7.17. The van der Waals surface area contributed by atoms with Crippen molar-refractivity contribution in [2.24, 2.45) is 27.1 Å². The zero-order chi connectivity index (χ0) is 27.7. The normalized spacial score (nSPS) is 24.1. The van der Waals surface area contributed by atoms with Crippen LogP contribution in [0.4, 0.5) is 9.59 Å². The topological polar surface area (TPSA) is 153 Å². The SMILES string of the molecule is CC(C)(C)OC(=O)N1CCC(n2cc(C(N)C3(C4CCN(C(=O)OC(C)(C)C)CC4)C=NN=N3)nn2)CC1. The van der Waals surface area contributed by atoms with Gasteiger partial charge in [0.2, 0.25) is 0 Å². The summed E-state index contributed by atoms with van der Waals surface area (Å²) in [6.45, 7) is 13.4. The zero-order valence-electron chi connectivity index (χ0n) is 23.3. The van der Waals surface area contributed by atoms with Gasteiger partial charge in [-0.15, -0.1) is 10.2 Å². The van der Waals surface area contributed by atoms with E-state index in [2.05, 4.69) is 25.8 Å². The van der Waals surface area contributed by atoms with Crippen LogP contribution in [-0.4, -0.2) is 86.1 Å². The van der Waals surface area contributed by atoms with Gasteiger partial charge in [0.15, 0.2) is 0 Å². The molecule has 210 valence electrons. The fourth-order valence-corrected chi connectivity index (χ4v) is 5.17. The maximum absolute atomic E-state index is 12.5. The number of ether oxygens (including phenoxy) is 2. The second kappa shape index (κ2) is 10.6. The first-order chi connectivity index (χ1) is 17.8. The number of hydrogen-bond acceptors (Lipinski definition) is 10. The van der Waals surface area contributed by atoms with Gasteiger partial charge in [-0.25, -0.2) is 14.3 Å². The van der Waals surface area contributed by atoms with Crippen LogP contribution in [0.1, 0.15) is 85.0 Å². The monoisotopic (exact) mass is 531 g/mol. The Labute approximate surface area is 223 Å². The maximum atomic E-state index is 12.5. The van der Waals surface area contributed by atoms with Crippen molar-refractivity contribution >= 4 is 18.4 Å². The molecule has 3 aliphatic rings. The Morgan fingerprint density at radius 2 is 1.47 bits per heavy atom. The summed E-state index contributed by atoms with van der Waals surface area (Å²) in [7, 11) is 0. The second-order valence-corrected chi connectivity index (χ2v) is 12.4. The van der Waals surface area contributed by atoms with Crippen molar-refractivity contribution in [1.29, 1.82) is 0 Å². The van der Waals surface area contributed by atoms with Crippen LogP contribution in [0, 0.1) is 5.92 Å². The van der Waals surface area contributed by atoms with E-state index in [0.717, 1.165) is 12.8 Å². The van der Waals surface area contributed by atoms with E-state index < -0.39 is 22.8 Å². The van der Waals surface area contributed by atoms with Crippen LogP contribution < -0.4 is 5.73 Å². The molecule has 4 heterocycles. The number of carbonyl (C=O) groups excluding carboxylic acids is 2. The number of nitrogens with zero attached hydrogens (tertiary/aromatic N) is 8. The van der Waals surface area contributed by atoms with E-state index in [1.165, 1.54) is 0 Å². The lowest BCUT2D eigenvalue weighted by molar-refractivity contribution is 0.0156. The summed E-state index contributed by atoms with van der Waals surface area (Å²) in [5.74, 6) is 0.0356. The molecule has 0 aromatic carbocycles. The lowest BCUT2D eigenvalue weighted by atomic mass is 9.74. The van der Waals surface area contributed by atoms with Gasteiger partial charge in [0.1, 0.15) is 22.4 Å². The predicted octanol–water partition coefficient (Wildman–Crippen LogP) is 3.69. The molecule has 2 N–H and O–H groups in total. The van der Waals surface area contributed by atoms with Crippen LogP contribution in [0.3, 0.4) is 0 Å². The Kier molecular flexibility index (Phi) is 7.78. The summed E-state index contributed by atoms with van der Waals surface area (Å²) in [4.78, 5) is 28.4. The van der Waals surface area contributed by atoms with Crippen LogP contribution >= 0.6 is 0 Å². The molecule has 2 unspecified atom stereocenters. The first-order valence-electron chi connectivity index (χ1n) is 13.4. The number of hydrogen-bond donors (Lipinski definition) is 1. The summed E-state index contributed by atoms with van der Waals surface area (Å²) >= 11 is 0. The number of likely N-dealkylation sites (tertiary alicyclic amines) is 2. The number of piperidine rings is 2. The minimum absolute atomic E-state index is 0.0356. The van der Waals surface area contributed by atoms with Crippen LogP contribution in [0.2, 0.25) is 0 Å². The summed E-state index contributed by atoms with van der Waals surface area (Å²) < 4.78 is 12.9. The Morgan fingerprint density at radius 3 is 1.95 bits per heavy atom. The quantitative estimate of drug-likeness (QED) is 0.622. The molecule has 13 heteroatoms. The highest BCUT2D eigenvalue weighted by molar-refractivity contribution is 5.74. The van der Waals surface area contributed by atoms with Crippen molar-refractivity contribution < 1.29 is 19.1 Å². The summed E-state index contributed by atoms with van der Waals surface area (Å²) in [6.07, 6.45) is 5.85. The van der Waals surface area contributed by atoms with Crippen molar-refractivity contribution in [1.82, 2.24) is 24.8 Å². The van der Waals surface area contributed by atoms with Gasteiger partial charge in [-0.3, -0.25) is 0 Å². The standard InChI is InChI=1S/C25H41N9O4/c1-23(2,3)37-21(35)32-11-7-17(8-12-32)25(16-27-30-29-25)20(26)19-15-34(31-28-19)18-9-13-33(14-10-18)22(36)38-24(4,5)6/h15-18,20H,7-14,26H2,1-6H3. The molecule has 38 heavy (non-hydrogen) atoms. The van der Waals surface area contributed by atoms with E-state index in [1.807, 2.05) is 52.4 Å². The molecule has 2 atom stereocenters. The molecule has 3 aliphatic heterocycles.